The van der Waals surface area contributed by atoms with Crippen LogP contribution in [0.4, 0.5) is 0 Å². The molecule has 36 heavy (non-hydrogen) atoms. The Kier molecular flexibility index (Phi) is 7.78. The van der Waals surface area contributed by atoms with Gasteiger partial charge in [0.25, 0.3) is 0 Å². The van der Waals surface area contributed by atoms with Crippen molar-refractivity contribution in [2.24, 2.45) is 0 Å². The molecule has 0 spiro atoms. The predicted octanol–water partition coefficient (Wildman–Crippen LogP) is 5.29. The second kappa shape index (κ2) is 11.5. The van der Waals surface area contributed by atoms with Crippen LogP contribution in [-0.2, 0) is 15.9 Å². The van der Waals surface area contributed by atoms with Gasteiger partial charge in [-0.3, -0.25) is 0 Å². The van der Waals surface area contributed by atoms with Gasteiger partial charge in [0.15, 0.2) is 5.82 Å². The van der Waals surface area contributed by atoms with Crippen LogP contribution in [0.2, 0.25) is 0 Å². The van der Waals surface area contributed by atoms with E-state index >= 15 is 0 Å². The summed E-state index contributed by atoms with van der Waals surface area (Å²) in [5.41, 5.74) is 4.33. The van der Waals surface area contributed by atoms with Gasteiger partial charge in [-0.15, -0.1) is 5.10 Å². The highest BCUT2D eigenvalue weighted by Crippen LogP contribution is 2.32. The molecule has 2 heterocycles. The van der Waals surface area contributed by atoms with E-state index in [1.807, 2.05) is 32.0 Å². The highest BCUT2D eigenvalue weighted by atomic mass is 16.7. The number of aromatic amines is 1. The molecule has 9 heteroatoms. The Hall–Kier alpha value is -3.43. The molecule has 0 bridgehead atoms. The second-order valence-corrected chi connectivity index (χ2v) is 9.03. The number of benzene rings is 2. The highest BCUT2D eigenvalue weighted by Gasteiger charge is 2.25. The smallest absolute Gasteiger partial charge is 0.221 e. The topological polar surface area (TPSA) is 104 Å². The third kappa shape index (κ3) is 5.37. The van der Waals surface area contributed by atoms with Crippen LogP contribution < -0.4 is 0 Å². The number of nitrogens with zero attached hydrogens (tertiary/aromatic N) is 6. The third-order valence-corrected chi connectivity index (χ3v) is 6.64. The van der Waals surface area contributed by atoms with Crippen LogP contribution >= 0.6 is 0 Å². The fourth-order valence-electron chi connectivity index (χ4n) is 4.91. The van der Waals surface area contributed by atoms with Gasteiger partial charge in [-0.05, 0) is 53.8 Å². The first-order chi connectivity index (χ1) is 17.8. The van der Waals surface area contributed by atoms with E-state index < -0.39 is 6.29 Å². The van der Waals surface area contributed by atoms with Crippen molar-refractivity contribution in [2.45, 2.75) is 64.7 Å². The van der Waals surface area contributed by atoms with Crippen LogP contribution in [0, 0.1) is 0 Å². The van der Waals surface area contributed by atoms with Gasteiger partial charge in [0.05, 0.1) is 6.04 Å². The standard InChI is InChI=1S/C27H33N7O2/c1-3-35-27(36-4-2)26-28-24(34(31-26)21-10-6-5-7-11-21)18-19-14-16-20(17-15-19)22-12-8-9-13-23(22)25-29-32-33-30-25/h8-9,12-17,21,27H,3-7,10-11,18H2,1-2H3,(H,29,30,32,33). The summed E-state index contributed by atoms with van der Waals surface area (Å²) in [6, 6.07) is 17.1. The van der Waals surface area contributed by atoms with E-state index in [4.69, 9.17) is 19.6 Å². The van der Waals surface area contributed by atoms with E-state index in [0.29, 0.717) is 37.3 Å². The largest absolute Gasteiger partial charge is 0.346 e. The van der Waals surface area contributed by atoms with Crippen molar-refractivity contribution in [3.05, 3.63) is 65.7 Å². The lowest BCUT2D eigenvalue weighted by atomic mass is 9.95. The van der Waals surface area contributed by atoms with Crippen LogP contribution in [0.25, 0.3) is 22.5 Å². The van der Waals surface area contributed by atoms with Crippen molar-refractivity contribution in [1.82, 2.24) is 35.4 Å². The number of ether oxygens (including phenoxy) is 2. The number of hydrogen-bond donors (Lipinski definition) is 1. The first kappa shape index (κ1) is 24.3. The lowest BCUT2D eigenvalue weighted by Gasteiger charge is -2.23. The minimum Gasteiger partial charge on any atom is -0.346 e. The molecular formula is C27H33N7O2. The maximum atomic E-state index is 5.80. The summed E-state index contributed by atoms with van der Waals surface area (Å²) < 4.78 is 13.7. The first-order valence-electron chi connectivity index (χ1n) is 12.9. The van der Waals surface area contributed by atoms with Crippen LogP contribution in [0.3, 0.4) is 0 Å². The first-order valence-corrected chi connectivity index (χ1v) is 12.9. The summed E-state index contributed by atoms with van der Waals surface area (Å²) in [5, 5.41) is 19.3. The molecule has 1 aliphatic rings. The molecule has 0 saturated heterocycles. The average Bonchev–Trinajstić information content (AvgIpc) is 3.60. The van der Waals surface area contributed by atoms with E-state index in [-0.39, 0.29) is 0 Å². The maximum absolute atomic E-state index is 5.80. The van der Waals surface area contributed by atoms with Crippen LogP contribution in [0.5, 0.6) is 0 Å². The molecule has 9 nitrogen and oxygen atoms in total. The molecule has 188 valence electrons. The molecule has 2 aromatic carbocycles. The van der Waals surface area contributed by atoms with E-state index in [1.54, 1.807) is 0 Å². The summed E-state index contributed by atoms with van der Waals surface area (Å²) in [6.07, 6.45) is 6.19. The Bertz CT molecular complexity index is 1230. The minimum atomic E-state index is -0.534. The van der Waals surface area contributed by atoms with Crippen molar-refractivity contribution in [2.75, 3.05) is 13.2 Å². The van der Waals surface area contributed by atoms with Crippen LogP contribution in [0.15, 0.2) is 48.5 Å². The fraction of sp³-hybridized carbons (Fsp3) is 0.444. The van der Waals surface area contributed by atoms with E-state index in [2.05, 4.69) is 55.6 Å². The molecule has 0 atom stereocenters. The van der Waals surface area contributed by atoms with Gasteiger partial charge in [0.2, 0.25) is 12.1 Å². The molecule has 5 rings (SSSR count). The molecule has 1 N–H and O–H groups in total. The average molecular weight is 488 g/mol. The summed E-state index contributed by atoms with van der Waals surface area (Å²) in [4.78, 5) is 4.92. The van der Waals surface area contributed by atoms with Crippen molar-refractivity contribution >= 4 is 0 Å². The van der Waals surface area contributed by atoms with E-state index in [9.17, 15) is 0 Å². The lowest BCUT2D eigenvalue weighted by molar-refractivity contribution is -0.145. The van der Waals surface area contributed by atoms with Gasteiger partial charge in [-0.25, -0.2) is 14.8 Å². The molecule has 4 aromatic rings. The molecule has 0 amide bonds. The summed E-state index contributed by atoms with van der Waals surface area (Å²) >= 11 is 0. The van der Waals surface area contributed by atoms with Gasteiger partial charge < -0.3 is 9.47 Å². The molecule has 0 aliphatic heterocycles. The normalized spacial score (nSPS) is 14.5. The number of H-pyrrole nitrogens is 1. The summed E-state index contributed by atoms with van der Waals surface area (Å²) in [6.45, 7) is 5.02. The van der Waals surface area contributed by atoms with Crippen molar-refractivity contribution in [3.8, 4) is 22.5 Å². The number of tetrazole rings is 1. The van der Waals surface area contributed by atoms with E-state index in [1.165, 1.54) is 24.8 Å². The minimum absolute atomic E-state index is 0.376. The Morgan fingerprint density at radius 3 is 2.33 bits per heavy atom. The molecule has 1 aliphatic carbocycles. The van der Waals surface area contributed by atoms with Crippen molar-refractivity contribution < 1.29 is 9.47 Å². The third-order valence-electron chi connectivity index (χ3n) is 6.64. The molecular weight excluding hydrogens is 454 g/mol. The predicted molar refractivity (Wildman–Crippen MR) is 136 cm³/mol. The van der Waals surface area contributed by atoms with E-state index in [0.717, 1.165) is 35.4 Å². The molecule has 1 saturated carbocycles. The Labute approximate surface area is 211 Å². The zero-order valence-corrected chi connectivity index (χ0v) is 20.9. The van der Waals surface area contributed by atoms with Gasteiger partial charge >= 0.3 is 0 Å². The maximum Gasteiger partial charge on any atom is 0.221 e. The number of hydrogen-bond acceptors (Lipinski definition) is 7. The van der Waals surface area contributed by atoms with Crippen molar-refractivity contribution in [3.63, 3.8) is 0 Å². The Morgan fingerprint density at radius 1 is 0.944 bits per heavy atom. The number of nitrogens with one attached hydrogen (secondary N) is 1. The second-order valence-electron chi connectivity index (χ2n) is 9.03. The number of aromatic nitrogens is 7. The summed E-state index contributed by atoms with van der Waals surface area (Å²) in [7, 11) is 0. The Balaban J connectivity index is 1.42. The highest BCUT2D eigenvalue weighted by molar-refractivity contribution is 5.80. The van der Waals surface area contributed by atoms with Gasteiger partial charge in [0.1, 0.15) is 5.82 Å². The van der Waals surface area contributed by atoms with Crippen LogP contribution in [0.1, 0.15) is 75.5 Å². The lowest BCUT2D eigenvalue weighted by Crippen LogP contribution is -2.17. The molecule has 0 radical (unpaired) electrons. The monoisotopic (exact) mass is 487 g/mol. The van der Waals surface area contributed by atoms with Gasteiger partial charge in [-0.2, -0.15) is 5.10 Å². The SMILES string of the molecule is CCOC(OCC)c1nc(Cc2ccc(-c3ccccc3-c3nnn[nH]3)cc2)n(C2CCCCC2)n1. The summed E-state index contributed by atoms with van der Waals surface area (Å²) in [5.74, 6) is 2.23. The number of rotatable bonds is 10. The molecule has 0 unspecified atom stereocenters. The Morgan fingerprint density at radius 2 is 1.67 bits per heavy atom. The van der Waals surface area contributed by atoms with Gasteiger partial charge in [0, 0.05) is 25.2 Å². The van der Waals surface area contributed by atoms with Gasteiger partial charge in [-0.1, -0.05) is 67.8 Å². The molecule has 2 aromatic heterocycles. The zero-order valence-electron chi connectivity index (χ0n) is 20.9. The fourth-order valence-corrected chi connectivity index (χ4v) is 4.91. The quantitative estimate of drug-likeness (QED) is 0.303. The van der Waals surface area contributed by atoms with Crippen molar-refractivity contribution in [1.29, 1.82) is 0 Å². The zero-order chi connectivity index (χ0) is 24.7. The molecule has 1 fully saturated rings. The van der Waals surface area contributed by atoms with Crippen LogP contribution in [-0.4, -0.2) is 48.6 Å².